The Balaban J connectivity index is 1.72. The van der Waals surface area contributed by atoms with Crippen LogP contribution in [0.2, 0.25) is 0 Å². The van der Waals surface area contributed by atoms with E-state index in [-0.39, 0.29) is 38.1 Å². The Morgan fingerprint density at radius 2 is 1.44 bits per heavy atom. The van der Waals surface area contributed by atoms with Gasteiger partial charge in [-0.25, -0.2) is 4.79 Å². The maximum Gasteiger partial charge on any atom is 0.416 e. The smallest absolute Gasteiger partial charge is 0.416 e. The number of hydrogen-bond acceptors (Lipinski definition) is 6. The molecule has 0 heterocycles. The SMILES string of the molecule is [2H]c1c([2H])c([2H])c(C(=O)OCCOCCOC(=O)CCCCCCCCCCCCC)c(Nc2cccc(C(F)(F)F)c2)c1[2H]. The minimum atomic E-state index is -4.64. The van der Waals surface area contributed by atoms with Gasteiger partial charge in [-0.1, -0.05) is 89.3 Å². The second-order valence-corrected chi connectivity index (χ2v) is 9.71. The average molecular weight is 584 g/mol. The molecular formula is C32H44F3NO5. The number of para-hydroxylation sites is 1. The number of alkyl halides is 3. The summed E-state index contributed by atoms with van der Waals surface area (Å²) in [6.45, 7) is 1.95. The van der Waals surface area contributed by atoms with Crippen LogP contribution in [0.4, 0.5) is 24.5 Å². The fraction of sp³-hybridized carbons (Fsp3) is 0.562. The first kappa shape index (κ1) is 28.1. The van der Waals surface area contributed by atoms with Crippen molar-refractivity contribution >= 4 is 23.3 Å². The Morgan fingerprint density at radius 3 is 2.10 bits per heavy atom. The zero-order chi connectivity index (χ0) is 33.2. The Morgan fingerprint density at radius 1 is 0.829 bits per heavy atom. The van der Waals surface area contributed by atoms with Crippen LogP contribution in [-0.2, 0) is 25.2 Å². The molecule has 6 nitrogen and oxygen atoms in total. The number of halogens is 3. The second kappa shape index (κ2) is 19.9. The number of unbranched alkanes of at least 4 members (excludes halogenated alkanes) is 10. The van der Waals surface area contributed by atoms with E-state index in [0.29, 0.717) is 6.42 Å². The molecule has 228 valence electrons. The molecule has 0 unspecified atom stereocenters. The molecule has 0 saturated carbocycles. The van der Waals surface area contributed by atoms with Crippen molar-refractivity contribution in [1.29, 1.82) is 0 Å². The van der Waals surface area contributed by atoms with Crippen molar-refractivity contribution in [3.05, 3.63) is 59.6 Å². The standard InChI is InChI=1S/C32H44F3NO5/c1-2-3-4-5-6-7-8-9-10-11-12-20-30(37)40-23-21-39-22-24-41-31(38)28-18-13-14-19-29(28)36-27-17-15-16-26(25-27)32(33,34)35/h13-19,25,36H,2-12,20-24H2,1H3/i13D,14D,18D,19D. The summed E-state index contributed by atoms with van der Waals surface area (Å²) >= 11 is 0. The van der Waals surface area contributed by atoms with Gasteiger partial charge in [-0.15, -0.1) is 0 Å². The first-order valence-electron chi connectivity index (χ1n) is 16.4. The van der Waals surface area contributed by atoms with E-state index in [1.54, 1.807) is 0 Å². The van der Waals surface area contributed by atoms with Crippen LogP contribution in [0, 0.1) is 0 Å². The topological polar surface area (TPSA) is 73.9 Å². The van der Waals surface area contributed by atoms with Crippen LogP contribution >= 0.6 is 0 Å². The van der Waals surface area contributed by atoms with Crippen LogP contribution < -0.4 is 5.32 Å². The Hall–Kier alpha value is -3.07. The molecule has 41 heavy (non-hydrogen) atoms. The fourth-order valence-corrected chi connectivity index (χ4v) is 4.06. The summed E-state index contributed by atoms with van der Waals surface area (Å²) in [7, 11) is 0. The van der Waals surface area contributed by atoms with Crippen LogP contribution in [0.15, 0.2) is 48.4 Å². The number of anilines is 2. The van der Waals surface area contributed by atoms with E-state index in [0.717, 1.165) is 37.5 Å². The lowest BCUT2D eigenvalue weighted by Crippen LogP contribution is -2.15. The third kappa shape index (κ3) is 14.9. The molecule has 0 aliphatic heterocycles. The minimum absolute atomic E-state index is 0.0299. The lowest BCUT2D eigenvalue weighted by atomic mass is 10.1. The number of carbonyl (C=O) groups is 2. The molecular weight excluding hydrogens is 535 g/mol. The number of ether oxygens (including phenoxy) is 3. The number of carbonyl (C=O) groups excluding carboxylic acids is 2. The molecule has 0 spiro atoms. The van der Waals surface area contributed by atoms with Gasteiger partial charge in [-0.3, -0.25) is 4.79 Å². The van der Waals surface area contributed by atoms with Gasteiger partial charge in [0.05, 0.1) is 35.5 Å². The lowest BCUT2D eigenvalue weighted by Gasteiger charge is -2.13. The average Bonchev–Trinajstić information content (AvgIpc) is 3.00. The van der Waals surface area contributed by atoms with E-state index < -0.39 is 53.1 Å². The van der Waals surface area contributed by atoms with Gasteiger partial charge in [0, 0.05) is 12.1 Å². The second-order valence-electron chi connectivity index (χ2n) is 9.71. The van der Waals surface area contributed by atoms with E-state index in [9.17, 15) is 22.8 Å². The van der Waals surface area contributed by atoms with Gasteiger partial charge in [-0.05, 0) is 36.7 Å². The van der Waals surface area contributed by atoms with Crippen molar-refractivity contribution in [3.63, 3.8) is 0 Å². The van der Waals surface area contributed by atoms with E-state index in [2.05, 4.69) is 12.2 Å². The Bertz CT molecular complexity index is 1230. The van der Waals surface area contributed by atoms with Gasteiger partial charge in [0.2, 0.25) is 0 Å². The highest BCUT2D eigenvalue weighted by atomic mass is 19.4. The normalized spacial score (nSPS) is 12.7. The summed E-state index contributed by atoms with van der Waals surface area (Å²) in [5.74, 6) is -1.42. The van der Waals surface area contributed by atoms with Gasteiger partial charge in [0.15, 0.2) is 0 Å². The predicted molar refractivity (Wildman–Crippen MR) is 154 cm³/mol. The minimum Gasteiger partial charge on any atom is -0.463 e. The molecule has 0 aliphatic rings. The molecule has 0 atom stereocenters. The monoisotopic (exact) mass is 583 g/mol. The predicted octanol–water partition coefficient (Wildman–Crippen LogP) is 8.87. The number of esters is 2. The summed E-state index contributed by atoms with van der Waals surface area (Å²) in [6.07, 6.45) is 8.77. The zero-order valence-electron chi connectivity index (χ0n) is 27.8. The molecule has 1 N–H and O–H groups in total. The fourth-order valence-electron chi connectivity index (χ4n) is 4.06. The summed E-state index contributed by atoms with van der Waals surface area (Å²) in [5, 5.41) is 2.52. The van der Waals surface area contributed by atoms with Gasteiger partial charge < -0.3 is 19.5 Å². The van der Waals surface area contributed by atoms with Crippen molar-refractivity contribution in [1.82, 2.24) is 0 Å². The summed E-state index contributed by atoms with van der Waals surface area (Å²) in [4.78, 5) is 24.7. The van der Waals surface area contributed by atoms with Crippen molar-refractivity contribution in [2.75, 3.05) is 31.7 Å². The van der Waals surface area contributed by atoms with Gasteiger partial charge >= 0.3 is 18.1 Å². The van der Waals surface area contributed by atoms with Crippen molar-refractivity contribution in [2.24, 2.45) is 0 Å². The number of hydrogen-bond donors (Lipinski definition) is 1. The maximum absolute atomic E-state index is 13.1. The number of benzene rings is 2. The molecule has 9 heteroatoms. The first-order chi connectivity index (χ1) is 21.5. The molecule has 0 radical (unpaired) electrons. The number of rotatable bonds is 21. The number of nitrogens with one attached hydrogen (secondary N) is 1. The summed E-state index contributed by atoms with van der Waals surface area (Å²) < 4.78 is 87.2. The van der Waals surface area contributed by atoms with Crippen LogP contribution in [0.25, 0.3) is 0 Å². The van der Waals surface area contributed by atoms with Gasteiger partial charge in [0.25, 0.3) is 0 Å². The quantitative estimate of drug-likeness (QED) is 0.117. The Labute approximate surface area is 247 Å². The molecule has 0 aliphatic carbocycles. The van der Waals surface area contributed by atoms with Crippen molar-refractivity contribution in [2.45, 2.75) is 90.1 Å². The third-order valence-corrected chi connectivity index (χ3v) is 6.29. The molecule has 0 amide bonds. The highest BCUT2D eigenvalue weighted by Gasteiger charge is 2.30. The first-order valence-corrected chi connectivity index (χ1v) is 14.4. The Kier molecular flexibility index (Phi) is 13.6. The summed E-state index contributed by atoms with van der Waals surface area (Å²) in [6, 6.07) is 1.27. The molecule has 0 saturated heterocycles. The molecule has 0 fully saturated rings. The van der Waals surface area contributed by atoms with Gasteiger partial charge in [0.1, 0.15) is 13.2 Å². The van der Waals surface area contributed by atoms with Crippen LogP contribution in [0.5, 0.6) is 0 Å². The van der Waals surface area contributed by atoms with Crippen molar-refractivity contribution < 1.29 is 42.5 Å². The van der Waals surface area contributed by atoms with E-state index in [1.807, 2.05) is 0 Å². The van der Waals surface area contributed by atoms with Crippen LogP contribution in [0.1, 0.15) is 105 Å². The maximum atomic E-state index is 13.1. The van der Waals surface area contributed by atoms with Crippen molar-refractivity contribution in [3.8, 4) is 0 Å². The third-order valence-electron chi connectivity index (χ3n) is 6.29. The highest BCUT2D eigenvalue weighted by molar-refractivity contribution is 5.96. The van der Waals surface area contributed by atoms with E-state index >= 15 is 0 Å². The lowest BCUT2D eigenvalue weighted by molar-refractivity contribution is -0.145. The highest BCUT2D eigenvalue weighted by Crippen LogP contribution is 2.32. The van der Waals surface area contributed by atoms with Gasteiger partial charge in [-0.2, -0.15) is 13.2 Å². The molecule has 0 bridgehead atoms. The van der Waals surface area contributed by atoms with Crippen LogP contribution in [0.3, 0.4) is 0 Å². The molecule has 2 rings (SSSR count). The summed E-state index contributed by atoms with van der Waals surface area (Å²) in [5.41, 5.74) is -2.09. The van der Waals surface area contributed by atoms with E-state index in [4.69, 9.17) is 19.7 Å². The molecule has 2 aromatic carbocycles. The molecule has 0 aromatic heterocycles. The molecule has 2 aromatic rings. The van der Waals surface area contributed by atoms with E-state index in [1.165, 1.54) is 57.4 Å². The largest absolute Gasteiger partial charge is 0.463 e. The van der Waals surface area contributed by atoms with Crippen LogP contribution in [-0.4, -0.2) is 38.4 Å². The zero-order valence-corrected chi connectivity index (χ0v) is 23.8.